The number of aromatic nitrogens is 1. The van der Waals surface area contributed by atoms with Gasteiger partial charge in [-0.25, -0.2) is 0 Å². The smallest absolute Gasteiger partial charge is 0.0524 e. The Morgan fingerprint density at radius 3 is 2.82 bits per heavy atom. The molecule has 0 saturated carbocycles. The van der Waals surface area contributed by atoms with Gasteiger partial charge in [-0.05, 0) is 59.8 Å². The number of hydrogen-bond donors (Lipinski definition) is 1. The lowest BCUT2D eigenvalue weighted by molar-refractivity contribution is 0.553. The zero-order valence-corrected chi connectivity index (χ0v) is 11.8. The molecule has 90 valence electrons. The molecule has 2 aromatic rings. The van der Waals surface area contributed by atoms with Crippen molar-refractivity contribution in [2.24, 2.45) is 5.73 Å². The van der Waals surface area contributed by atoms with Crippen molar-refractivity contribution in [3.05, 3.63) is 33.9 Å². The number of aryl methyl sites for hydroxylation is 2. The van der Waals surface area contributed by atoms with Gasteiger partial charge in [0, 0.05) is 28.1 Å². The maximum absolute atomic E-state index is 6.22. The quantitative estimate of drug-likeness (QED) is 0.856. The standard InChI is InChI=1S/C14H17BrN2/c1-14(2,16)10-6-9-4-3-5-17-8-12(15)11(7-10)13(9)17/h6-8H,3-5,16H2,1-2H3. The van der Waals surface area contributed by atoms with Crippen LogP contribution in [-0.4, -0.2) is 4.57 Å². The van der Waals surface area contributed by atoms with E-state index in [1.807, 2.05) is 0 Å². The molecule has 1 aromatic carbocycles. The zero-order valence-electron chi connectivity index (χ0n) is 10.3. The average Bonchev–Trinajstić information content (AvgIpc) is 2.56. The number of nitrogens with zero attached hydrogens (tertiary/aromatic N) is 1. The molecule has 0 atom stereocenters. The molecule has 1 aliphatic rings. The van der Waals surface area contributed by atoms with Crippen LogP contribution in [0.2, 0.25) is 0 Å². The fourth-order valence-corrected chi connectivity index (χ4v) is 3.21. The Labute approximate surface area is 110 Å². The van der Waals surface area contributed by atoms with Crippen molar-refractivity contribution >= 4 is 26.8 Å². The van der Waals surface area contributed by atoms with Crippen LogP contribution in [0.15, 0.2) is 22.8 Å². The summed E-state index contributed by atoms with van der Waals surface area (Å²) in [6.45, 7) is 5.25. The maximum atomic E-state index is 6.22. The molecule has 2 heterocycles. The van der Waals surface area contributed by atoms with E-state index in [4.69, 9.17) is 5.73 Å². The number of rotatable bonds is 1. The van der Waals surface area contributed by atoms with E-state index < -0.39 is 0 Å². The van der Waals surface area contributed by atoms with Crippen LogP contribution in [0.5, 0.6) is 0 Å². The predicted molar refractivity (Wildman–Crippen MR) is 75.2 cm³/mol. The van der Waals surface area contributed by atoms with Gasteiger partial charge in [0.05, 0.1) is 5.52 Å². The lowest BCUT2D eigenvalue weighted by Gasteiger charge is -2.23. The zero-order chi connectivity index (χ0) is 12.2. The van der Waals surface area contributed by atoms with Crippen LogP contribution in [0, 0.1) is 0 Å². The normalized spacial score (nSPS) is 15.5. The van der Waals surface area contributed by atoms with E-state index in [0.29, 0.717) is 0 Å². The number of hydrogen-bond acceptors (Lipinski definition) is 1. The molecule has 0 saturated heterocycles. The van der Waals surface area contributed by atoms with Gasteiger partial charge in [0.2, 0.25) is 0 Å². The third-order valence-corrected chi connectivity index (χ3v) is 4.22. The van der Waals surface area contributed by atoms with E-state index in [2.05, 4.69) is 52.7 Å². The van der Waals surface area contributed by atoms with E-state index in [0.717, 1.165) is 13.0 Å². The minimum Gasteiger partial charge on any atom is -0.346 e. The van der Waals surface area contributed by atoms with Gasteiger partial charge in [0.15, 0.2) is 0 Å². The van der Waals surface area contributed by atoms with Crippen LogP contribution in [0.4, 0.5) is 0 Å². The molecule has 3 rings (SSSR count). The lowest BCUT2D eigenvalue weighted by Crippen LogP contribution is -2.28. The third-order valence-electron chi connectivity index (χ3n) is 3.59. The summed E-state index contributed by atoms with van der Waals surface area (Å²) in [5.74, 6) is 0. The maximum Gasteiger partial charge on any atom is 0.0524 e. The Bertz CT molecular complexity index is 590. The molecule has 0 fully saturated rings. The van der Waals surface area contributed by atoms with Gasteiger partial charge in [0.25, 0.3) is 0 Å². The van der Waals surface area contributed by atoms with Crippen molar-refractivity contribution in [1.29, 1.82) is 0 Å². The Morgan fingerprint density at radius 2 is 2.12 bits per heavy atom. The van der Waals surface area contributed by atoms with Gasteiger partial charge in [-0.2, -0.15) is 0 Å². The summed E-state index contributed by atoms with van der Waals surface area (Å²) in [6.07, 6.45) is 4.58. The highest BCUT2D eigenvalue weighted by Gasteiger charge is 2.21. The lowest BCUT2D eigenvalue weighted by atomic mass is 9.90. The molecule has 17 heavy (non-hydrogen) atoms. The summed E-state index contributed by atoms with van der Waals surface area (Å²) in [5, 5.41) is 1.30. The highest BCUT2D eigenvalue weighted by molar-refractivity contribution is 9.10. The molecule has 3 heteroatoms. The summed E-state index contributed by atoms with van der Waals surface area (Å²) < 4.78 is 3.53. The van der Waals surface area contributed by atoms with Gasteiger partial charge in [-0.1, -0.05) is 6.07 Å². The summed E-state index contributed by atoms with van der Waals surface area (Å²) in [4.78, 5) is 0. The molecular weight excluding hydrogens is 276 g/mol. The van der Waals surface area contributed by atoms with Crippen LogP contribution >= 0.6 is 15.9 Å². The van der Waals surface area contributed by atoms with Crippen molar-refractivity contribution in [3.8, 4) is 0 Å². The minimum atomic E-state index is -0.274. The fourth-order valence-electron chi connectivity index (χ4n) is 2.67. The van der Waals surface area contributed by atoms with Crippen molar-refractivity contribution in [1.82, 2.24) is 4.57 Å². The molecular formula is C14H17BrN2. The van der Waals surface area contributed by atoms with Crippen molar-refractivity contribution in [2.45, 2.75) is 38.8 Å². The first-order valence-electron chi connectivity index (χ1n) is 6.07. The summed E-state index contributed by atoms with van der Waals surface area (Å²) in [6, 6.07) is 4.51. The van der Waals surface area contributed by atoms with Crippen molar-refractivity contribution < 1.29 is 0 Å². The molecule has 2 N–H and O–H groups in total. The SMILES string of the molecule is CC(C)(N)c1cc2c3c(c1)c(Br)cn3CCC2. The summed E-state index contributed by atoms with van der Waals surface area (Å²) in [7, 11) is 0. The van der Waals surface area contributed by atoms with E-state index in [9.17, 15) is 0 Å². The molecule has 2 nitrogen and oxygen atoms in total. The molecule has 0 aliphatic carbocycles. The Morgan fingerprint density at radius 1 is 1.35 bits per heavy atom. The topological polar surface area (TPSA) is 30.9 Å². The molecule has 0 spiro atoms. The van der Waals surface area contributed by atoms with Crippen LogP contribution < -0.4 is 5.73 Å². The first-order chi connectivity index (χ1) is 7.97. The highest BCUT2D eigenvalue weighted by Crippen LogP contribution is 2.35. The Hall–Kier alpha value is -0.800. The van der Waals surface area contributed by atoms with Crippen LogP contribution in [0.3, 0.4) is 0 Å². The highest BCUT2D eigenvalue weighted by atomic mass is 79.9. The average molecular weight is 293 g/mol. The van der Waals surface area contributed by atoms with Gasteiger partial charge < -0.3 is 10.3 Å². The van der Waals surface area contributed by atoms with Crippen molar-refractivity contribution in [2.75, 3.05) is 0 Å². The first kappa shape index (κ1) is 11.3. The molecule has 0 unspecified atom stereocenters. The van der Waals surface area contributed by atoms with Crippen LogP contribution in [0.1, 0.15) is 31.4 Å². The molecule has 1 aromatic heterocycles. The second-order valence-electron chi connectivity index (χ2n) is 5.53. The van der Waals surface area contributed by atoms with Crippen LogP contribution in [-0.2, 0) is 18.5 Å². The number of benzene rings is 1. The Kier molecular flexibility index (Phi) is 2.39. The first-order valence-corrected chi connectivity index (χ1v) is 6.87. The number of nitrogens with two attached hydrogens (primary N) is 1. The molecule has 0 radical (unpaired) electrons. The largest absolute Gasteiger partial charge is 0.346 e. The second kappa shape index (κ2) is 3.59. The fraction of sp³-hybridized carbons (Fsp3) is 0.429. The Balaban J connectivity index is 2.36. The second-order valence-corrected chi connectivity index (χ2v) is 6.38. The third kappa shape index (κ3) is 1.72. The molecule has 0 amide bonds. The summed E-state index contributed by atoms with van der Waals surface area (Å²) in [5.41, 5.74) is 10.00. The monoisotopic (exact) mass is 292 g/mol. The van der Waals surface area contributed by atoms with Gasteiger partial charge >= 0.3 is 0 Å². The van der Waals surface area contributed by atoms with E-state index >= 15 is 0 Å². The van der Waals surface area contributed by atoms with Gasteiger partial charge in [-0.15, -0.1) is 0 Å². The van der Waals surface area contributed by atoms with Crippen LogP contribution in [0.25, 0.3) is 10.9 Å². The van der Waals surface area contributed by atoms with Gasteiger partial charge in [-0.3, -0.25) is 0 Å². The van der Waals surface area contributed by atoms with Crippen molar-refractivity contribution in [3.63, 3.8) is 0 Å². The van der Waals surface area contributed by atoms with E-state index in [1.165, 1.54) is 32.9 Å². The van der Waals surface area contributed by atoms with E-state index in [-0.39, 0.29) is 5.54 Å². The van der Waals surface area contributed by atoms with E-state index in [1.54, 1.807) is 0 Å². The molecule has 1 aliphatic heterocycles. The summed E-state index contributed by atoms with van der Waals surface area (Å²) >= 11 is 3.66. The van der Waals surface area contributed by atoms with Gasteiger partial charge in [0.1, 0.15) is 0 Å². The minimum absolute atomic E-state index is 0.274. The predicted octanol–water partition coefficient (Wildman–Crippen LogP) is 3.54. The molecule has 0 bridgehead atoms. The number of halogens is 1.